The molecule has 152 valence electrons. The smallest absolute Gasteiger partial charge is 0.339 e. The van der Waals surface area contributed by atoms with E-state index in [1.54, 1.807) is 26.4 Å². The maximum absolute atomic E-state index is 14.3. The van der Waals surface area contributed by atoms with Crippen LogP contribution in [-0.4, -0.2) is 57.6 Å². The largest absolute Gasteiger partial charge is 0.507 e. The van der Waals surface area contributed by atoms with Crippen molar-refractivity contribution in [2.45, 2.75) is 6.92 Å². The summed E-state index contributed by atoms with van der Waals surface area (Å²) >= 11 is 2.48. The third-order valence-electron chi connectivity index (χ3n) is 3.97. The number of hydrogen-bond donors (Lipinski definition) is 3. The molecule has 0 fully saturated rings. The molecule has 0 saturated carbocycles. The molecule has 0 saturated heterocycles. The molecule has 8 nitrogen and oxygen atoms in total. The van der Waals surface area contributed by atoms with Crippen molar-refractivity contribution >= 4 is 39.7 Å². The highest BCUT2D eigenvalue weighted by Crippen LogP contribution is 2.37. The molecule has 3 N–H and O–H groups in total. The highest BCUT2D eigenvalue weighted by atomic mass is 32.1. The molecule has 2 heterocycles. The fourth-order valence-corrected chi connectivity index (χ4v) is 4.24. The van der Waals surface area contributed by atoms with Gasteiger partial charge < -0.3 is 20.4 Å². The maximum Gasteiger partial charge on any atom is 0.339 e. The second kappa shape index (κ2) is 8.13. The molecule has 0 atom stereocenters. The lowest BCUT2D eigenvalue weighted by Gasteiger charge is -2.09. The number of carboxylic acid groups (broad SMARTS) is 1. The number of aryl methyl sites for hydroxylation is 1. The van der Waals surface area contributed by atoms with Crippen molar-refractivity contribution in [1.82, 2.24) is 14.9 Å². The number of halogens is 1. The van der Waals surface area contributed by atoms with E-state index in [1.165, 1.54) is 16.2 Å². The topological polar surface area (TPSA) is 116 Å². The number of nitrogens with one attached hydrogen (secondary N) is 1. The van der Waals surface area contributed by atoms with Crippen LogP contribution in [0.3, 0.4) is 0 Å². The summed E-state index contributed by atoms with van der Waals surface area (Å²) in [7, 11) is 3.33. The number of aromatic nitrogens is 2. The Kier molecular flexibility index (Phi) is 5.80. The van der Waals surface area contributed by atoms with Crippen LogP contribution >= 0.6 is 22.7 Å². The third kappa shape index (κ3) is 4.35. The highest BCUT2D eigenvalue weighted by molar-refractivity contribution is 7.19. The number of likely N-dealkylation sites (N-methyl/N-ethyl adjacent to an activating group) is 1. The SMILES string of the molecule is Cc1nc(NCC(=O)N(C)C)sc1-c1csc(-c2cc(O)c(C(=O)O)cc2F)n1. The number of anilines is 1. The second-order valence-corrected chi connectivity index (χ2v) is 8.12. The average molecular weight is 436 g/mol. The van der Waals surface area contributed by atoms with Crippen LogP contribution < -0.4 is 5.32 Å². The number of carbonyl (C=O) groups is 2. The summed E-state index contributed by atoms with van der Waals surface area (Å²) in [6.45, 7) is 1.92. The van der Waals surface area contributed by atoms with Gasteiger partial charge in [0, 0.05) is 25.0 Å². The van der Waals surface area contributed by atoms with Gasteiger partial charge in [-0.1, -0.05) is 11.3 Å². The van der Waals surface area contributed by atoms with Gasteiger partial charge in [0.25, 0.3) is 0 Å². The van der Waals surface area contributed by atoms with E-state index in [1.807, 2.05) is 0 Å². The van der Waals surface area contributed by atoms with E-state index in [4.69, 9.17) is 5.11 Å². The first-order valence-electron chi connectivity index (χ1n) is 8.31. The highest BCUT2D eigenvalue weighted by Gasteiger charge is 2.19. The van der Waals surface area contributed by atoms with Gasteiger partial charge in [-0.25, -0.2) is 19.2 Å². The molecule has 3 rings (SSSR count). The number of hydrogen-bond acceptors (Lipinski definition) is 8. The Labute approximate surface area is 173 Å². The van der Waals surface area contributed by atoms with Crippen LogP contribution in [0, 0.1) is 12.7 Å². The predicted molar refractivity (Wildman–Crippen MR) is 109 cm³/mol. The van der Waals surface area contributed by atoms with Gasteiger partial charge in [-0.3, -0.25) is 4.79 Å². The summed E-state index contributed by atoms with van der Waals surface area (Å²) in [5, 5.41) is 24.4. The van der Waals surface area contributed by atoms with Crippen LogP contribution in [0.5, 0.6) is 5.75 Å². The molecule has 0 aliphatic carbocycles. The summed E-state index contributed by atoms with van der Waals surface area (Å²) in [4.78, 5) is 33.7. The van der Waals surface area contributed by atoms with E-state index < -0.39 is 23.1 Å². The fraction of sp³-hybridized carbons (Fsp3) is 0.222. The number of thiazole rings is 2. The number of phenols is 1. The summed E-state index contributed by atoms with van der Waals surface area (Å²) in [5.74, 6) is -2.82. The van der Waals surface area contributed by atoms with E-state index >= 15 is 0 Å². The summed E-state index contributed by atoms with van der Waals surface area (Å²) < 4.78 is 14.3. The lowest BCUT2D eigenvalue weighted by atomic mass is 10.1. The predicted octanol–water partition coefficient (Wildman–Crippen LogP) is 3.29. The minimum atomic E-state index is -1.42. The van der Waals surface area contributed by atoms with Crippen molar-refractivity contribution in [1.29, 1.82) is 0 Å². The molecule has 3 aromatic rings. The zero-order valence-corrected chi connectivity index (χ0v) is 17.3. The Balaban J connectivity index is 1.86. The van der Waals surface area contributed by atoms with Crippen LogP contribution in [0.25, 0.3) is 21.1 Å². The molecule has 29 heavy (non-hydrogen) atoms. The first kappa shape index (κ1) is 20.7. The van der Waals surface area contributed by atoms with E-state index in [9.17, 15) is 19.1 Å². The van der Waals surface area contributed by atoms with Crippen LogP contribution in [0.1, 0.15) is 16.1 Å². The molecule has 0 unspecified atom stereocenters. The van der Waals surface area contributed by atoms with Crippen molar-refractivity contribution in [3.05, 3.63) is 34.6 Å². The van der Waals surface area contributed by atoms with Gasteiger partial charge in [0.2, 0.25) is 5.91 Å². The monoisotopic (exact) mass is 436 g/mol. The van der Waals surface area contributed by atoms with Crippen LogP contribution in [0.4, 0.5) is 9.52 Å². The zero-order chi connectivity index (χ0) is 21.3. The lowest BCUT2D eigenvalue weighted by Crippen LogP contribution is -2.28. The van der Waals surface area contributed by atoms with Crippen LogP contribution in [-0.2, 0) is 4.79 Å². The zero-order valence-electron chi connectivity index (χ0n) is 15.7. The van der Waals surface area contributed by atoms with E-state index in [0.29, 0.717) is 21.5 Å². The summed E-state index contributed by atoms with van der Waals surface area (Å²) in [6.07, 6.45) is 0. The molecule has 0 aliphatic heterocycles. The minimum absolute atomic E-state index is 0.0147. The number of carboxylic acids is 1. The van der Waals surface area contributed by atoms with Crippen molar-refractivity contribution in [2.24, 2.45) is 0 Å². The Morgan fingerprint density at radius 1 is 1.28 bits per heavy atom. The van der Waals surface area contributed by atoms with Crippen molar-refractivity contribution in [3.63, 3.8) is 0 Å². The summed E-state index contributed by atoms with van der Waals surface area (Å²) in [6, 6.07) is 1.83. The molecule has 0 bridgehead atoms. The average Bonchev–Trinajstić information content (AvgIpc) is 3.27. The summed E-state index contributed by atoms with van der Waals surface area (Å²) in [5.41, 5.74) is 0.787. The maximum atomic E-state index is 14.3. The van der Waals surface area contributed by atoms with E-state index in [-0.39, 0.29) is 18.0 Å². The first-order chi connectivity index (χ1) is 13.7. The Bertz CT molecular complexity index is 1090. The number of aromatic hydroxyl groups is 1. The number of benzene rings is 1. The number of aromatic carboxylic acids is 1. The molecule has 2 aromatic heterocycles. The van der Waals surface area contributed by atoms with E-state index in [2.05, 4.69) is 15.3 Å². The quantitative estimate of drug-likeness (QED) is 0.543. The van der Waals surface area contributed by atoms with Gasteiger partial charge in [-0.2, -0.15) is 0 Å². The van der Waals surface area contributed by atoms with Gasteiger partial charge in [0.15, 0.2) is 5.13 Å². The van der Waals surface area contributed by atoms with Crippen molar-refractivity contribution in [3.8, 4) is 26.9 Å². The number of nitrogens with zero attached hydrogens (tertiary/aromatic N) is 3. The van der Waals surface area contributed by atoms with Crippen molar-refractivity contribution in [2.75, 3.05) is 26.0 Å². The Hall–Kier alpha value is -3.05. The van der Waals surface area contributed by atoms with Gasteiger partial charge in [0.05, 0.1) is 22.8 Å². The molecular weight excluding hydrogens is 419 g/mol. The van der Waals surface area contributed by atoms with Crippen LogP contribution in [0.2, 0.25) is 0 Å². The standard InChI is InChI=1S/C18H17FN4O4S2/c1-8-15(29-18(21-8)20-6-14(25)23(2)3)12-7-28-16(22-12)9-5-13(24)10(17(26)27)4-11(9)19/h4-5,7,24H,6H2,1-3H3,(H,20,21)(H,26,27). The number of carbonyl (C=O) groups excluding carboxylic acids is 1. The van der Waals surface area contributed by atoms with E-state index in [0.717, 1.165) is 28.3 Å². The van der Waals surface area contributed by atoms with Gasteiger partial charge in [-0.05, 0) is 19.1 Å². The fourth-order valence-electron chi connectivity index (χ4n) is 2.42. The molecule has 0 radical (unpaired) electrons. The number of rotatable bonds is 6. The molecule has 11 heteroatoms. The molecule has 0 spiro atoms. The minimum Gasteiger partial charge on any atom is -0.507 e. The van der Waals surface area contributed by atoms with Crippen molar-refractivity contribution < 1.29 is 24.2 Å². The molecular formula is C18H17FN4O4S2. The molecule has 0 aliphatic rings. The first-order valence-corrected chi connectivity index (χ1v) is 10.0. The molecule has 1 amide bonds. The van der Waals surface area contributed by atoms with Gasteiger partial charge >= 0.3 is 5.97 Å². The van der Waals surface area contributed by atoms with Gasteiger partial charge in [-0.15, -0.1) is 11.3 Å². The Morgan fingerprint density at radius 2 is 2.00 bits per heavy atom. The Morgan fingerprint density at radius 3 is 2.66 bits per heavy atom. The number of amides is 1. The van der Waals surface area contributed by atoms with Gasteiger partial charge in [0.1, 0.15) is 22.1 Å². The molecule has 1 aromatic carbocycles. The van der Waals surface area contributed by atoms with Crippen LogP contribution in [0.15, 0.2) is 17.5 Å². The normalized spacial score (nSPS) is 10.8. The lowest BCUT2D eigenvalue weighted by molar-refractivity contribution is -0.126. The second-order valence-electron chi connectivity index (χ2n) is 6.27. The third-order valence-corrected chi connectivity index (χ3v) is 5.98.